The molecule has 1 saturated carbocycles. The average molecular weight is 452 g/mol. The van der Waals surface area contributed by atoms with E-state index in [9.17, 15) is 18.0 Å². The van der Waals surface area contributed by atoms with E-state index in [0.29, 0.717) is 15.7 Å². The summed E-state index contributed by atoms with van der Waals surface area (Å²) >= 11 is 3.26. The lowest BCUT2D eigenvalue weighted by molar-refractivity contribution is 0.0949. The van der Waals surface area contributed by atoms with Crippen molar-refractivity contribution in [2.24, 2.45) is 0 Å². The van der Waals surface area contributed by atoms with Crippen LogP contribution in [0.2, 0.25) is 0 Å². The highest BCUT2D eigenvalue weighted by Crippen LogP contribution is 2.23. The van der Waals surface area contributed by atoms with Crippen molar-refractivity contribution in [1.82, 2.24) is 10.0 Å². The molecular weight excluding hydrogens is 434 g/mol. The van der Waals surface area contributed by atoms with E-state index in [1.807, 2.05) is 0 Å². The van der Waals surface area contributed by atoms with Gasteiger partial charge in [0.25, 0.3) is 11.8 Å². The van der Waals surface area contributed by atoms with Crippen LogP contribution < -0.4 is 15.4 Å². The van der Waals surface area contributed by atoms with Gasteiger partial charge in [0.2, 0.25) is 10.0 Å². The SMILES string of the molecule is CNS(=O)(=O)c1ccc(Br)c(C(=O)Nc2cccc(C(=O)NC3CC3)c2)c1. The van der Waals surface area contributed by atoms with Crippen LogP contribution in [0.1, 0.15) is 33.6 Å². The van der Waals surface area contributed by atoms with Crippen LogP contribution in [0.15, 0.2) is 51.8 Å². The van der Waals surface area contributed by atoms with Crippen LogP contribution >= 0.6 is 15.9 Å². The molecule has 7 nitrogen and oxygen atoms in total. The molecule has 1 fully saturated rings. The van der Waals surface area contributed by atoms with Crippen LogP contribution in [0.3, 0.4) is 0 Å². The van der Waals surface area contributed by atoms with Gasteiger partial charge in [0.05, 0.1) is 10.5 Å². The summed E-state index contributed by atoms with van der Waals surface area (Å²) in [7, 11) is -2.37. The minimum absolute atomic E-state index is 0.0177. The van der Waals surface area contributed by atoms with Crippen LogP contribution in [0.5, 0.6) is 0 Å². The van der Waals surface area contributed by atoms with Crippen molar-refractivity contribution < 1.29 is 18.0 Å². The molecule has 1 aliphatic carbocycles. The van der Waals surface area contributed by atoms with E-state index < -0.39 is 15.9 Å². The van der Waals surface area contributed by atoms with Gasteiger partial charge in [0.1, 0.15) is 0 Å². The van der Waals surface area contributed by atoms with Gasteiger partial charge in [-0.25, -0.2) is 13.1 Å². The maximum atomic E-state index is 12.6. The summed E-state index contributed by atoms with van der Waals surface area (Å²) in [6, 6.07) is 11.0. The van der Waals surface area contributed by atoms with Gasteiger partial charge in [-0.2, -0.15) is 0 Å². The predicted molar refractivity (Wildman–Crippen MR) is 105 cm³/mol. The van der Waals surface area contributed by atoms with Gasteiger partial charge in [-0.15, -0.1) is 0 Å². The number of anilines is 1. The summed E-state index contributed by atoms with van der Waals surface area (Å²) in [6.07, 6.45) is 1.98. The highest BCUT2D eigenvalue weighted by Gasteiger charge is 2.24. The van der Waals surface area contributed by atoms with E-state index in [2.05, 4.69) is 31.3 Å². The standard InChI is InChI=1S/C18H18BrN3O4S/c1-20-27(25,26)14-7-8-16(19)15(10-14)18(24)22-13-4-2-3-11(9-13)17(23)21-12-5-6-12/h2-4,7-10,12,20H,5-6H2,1H3,(H,21,23)(H,22,24). The Kier molecular flexibility index (Phi) is 5.64. The van der Waals surface area contributed by atoms with Crippen molar-refractivity contribution in [2.45, 2.75) is 23.8 Å². The number of rotatable bonds is 6. The van der Waals surface area contributed by atoms with Gasteiger partial charge in [0.15, 0.2) is 0 Å². The molecule has 0 saturated heterocycles. The molecule has 0 aliphatic heterocycles. The molecule has 27 heavy (non-hydrogen) atoms. The van der Waals surface area contributed by atoms with Crippen LogP contribution in [0.25, 0.3) is 0 Å². The average Bonchev–Trinajstić information content (AvgIpc) is 3.46. The smallest absolute Gasteiger partial charge is 0.256 e. The monoisotopic (exact) mass is 451 g/mol. The molecule has 0 heterocycles. The number of nitrogens with one attached hydrogen (secondary N) is 3. The maximum Gasteiger partial charge on any atom is 0.256 e. The lowest BCUT2D eigenvalue weighted by Crippen LogP contribution is -2.25. The van der Waals surface area contributed by atoms with Gasteiger partial charge >= 0.3 is 0 Å². The fraction of sp³-hybridized carbons (Fsp3) is 0.222. The number of hydrogen-bond acceptors (Lipinski definition) is 4. The summed E-state index contributed by atoms with van der Waals surface area (Å²) in [5, 5.41) is 5.58. The number of carbonyl (C=O) groups excluding carboxylic acids is 2. The lowest BCUT2D eigenvalue weighted by Gasteiger charge is -2.10. The van der Waals surface area contributed by atoms with Crippen molar-refractivity contribution in [2.75, 3.05) is 12.4 Å². The van der Waals surface area contributed by atoms with Gasteiger partial charge < -0.3 is 10.6 Å². The minimum Gasteiger partial charge on any atom is -0.349 e. The number of amides is 2. The fourth-order valence-corrected chi connectivity index (χ4v) is 3.58. The summed E-state index contributed by atoms with van der Waals surface area (Å²) < 4.78 is 26.6. The van der Waals surface area contributed by atoms with E-state index in [0.717, 1.165) is 12.8 Å². The van der Waals surface area contributed by atoms with Crippen LogP contribution in [-0.2, 0) is 10.0 Å². The molecule has 3 rings (SSSR count). The molecule has 0 spiro atoms. The first-order valence-corrected chi connectivity index (χ1v) is 10.5. The highest BCUT2D eigenvalue weighted by atomic mass is 79.9. The molecule has 2 amide bonds. The molecule has 1 aliphatic rings. The second-order valence-electron chi connectivity index (χ2n) is 6.13. The van der Waals surface area contributed by atoms with E-state index >= 15 is 0 Å². The molecule has 0 bridgehead atoms. The van der Waals surface area contributed by atoms with Crippen molar-refractivity contribution in [1.29, 1.82) is 0 Å². The highest BCUT2D eigenvalue weighted by molar-refractivity contribution is 9.10. The van der Waals surface area contributed by atoms with Gasteiger partial charge in [-0.3, -0.25) is 9.59 Å². The zero-order valence-corrected chi connectivity index (χ0v) is 16.9. The molecule has 9 heteroatoms. The van der Waals surface area contributed by atoms with Gasteiger partial charge in [-0.05, 0) is 72.2 Å². The largest absolute Gasteiger partial charge is 0.349 e. The molecule has 0 atom stereocenters. The van der Waals surface area contributed by atoms with Crippen LogP contribution in [0.4, 0.5) is 5.69 Å². The Morgan fingerprint density at radius 2 is 1.81 bits per heavy atom. The Balaban J connectivity index is 1.81. The summed E-state index contributed by atoms with van der Waals surface area (Å²) in [5.74, 6) is -0.674. The quantitative estimate of drug-likeness (QED) is 0.627. The van der Waals surface area contributed by atoms with E-state index in [1.165, 1.54) is 25.2 Å². The fourth-order valence-electron chi connectivity index (χ4n) is 2.40. The zero-order chi connectivity index (χ0) is 19.6. The lowest BCUT2D eigenvalue weighted by atomic mass is 10.1. The van der Waals surface area contributed by atoms with Crippen molar-refractivity contribution in [3.05, 3.63) is 58.1 Å². The first-order chi connectivity index (χ1) is 12.8. The molecule has 2 aromatic carbocycles. The van der Waals surface area contributed by atoms with Crippen molar-refractivity contribution in [3.63, 3.8) is 0 Å². The van der Waals surface area contributed by atoms with E-state index in [1.54, 1.807) is 24.3 Å². The summed E-state index contributed by atoms with van der Waals surface area (Å²) in [5.41, 5.74) is 1.06. The number of halogens is 1. The Morgan fingerprint density at radius 1 is 1.07 bits per heavy atom. The molecular formula is C18H18BrN3O4S. The third kappa shape index (κ3) is 4.74. The molecule has 3 N–H and O–H groups in total. The molecule has 0 aromatic heterocycles. The molecule has 0 radical (unpaired) electrons. The Labute approximate surface area is 165 Å². The molecule has 2 aromatic rings. The Hall–Kier alpha value is -2.23. The Morgan fingerprint density at radius 3 is 2.48 bits per heavy atom. The second-order valence-corrected chi connectivity index (χ2v) is 8.87. The van der Waals surface area contributed by atoms with E-state index in [4.69, 9.17) is 0 Å². The first-order valence-electron chi connectivity index (χ1n) is 8.25. The summed E-state index contributed by atoms with van der Waals surface area (Å²) in [4.78, 5) is 24.7. The normalized spacial score (nSPS) is 13.9. The van der Waals surface area contributed by atoms with Crippen molar-refractivity contribution in [3.8, 4) is 0 Å². The number of carbonyl (C=O) groups is 2. The zero-order valence-electron chi connectivity index (χ0n) is 14.5. The third-order valence-electron chi connectivity index (χ3n) is 4.06. The maximum absolute atomic E-state index is 12.6. The second kappa shape index (κ2) is 7.79. The number of benzene rings is 2. The van der Waals surface area contributed by atoms with Gasteiger partial charge in [0, 0.05) is 21.8 Å². The summed E-state index contributed by atoms with van der Waals surface area (Å²) in [6.45, 7) is 0. The number of hydrogen-bond donors (Lipinski definition) is 3. The third-order valence-corrected chi connectivity index (χ3v) is 6.16. The van der Waals surface area contributed by atoms with Crippen LogP contribution in [0, 0.1) is 0 Å². The minimum atomic E-state index is -3.67. The van der Waals surface area contributed by atoms with Crippen LogP contribution in [-0.4, -0.2) is 33.3 Å². The molecule has 142 valence electrons. The Bertz CT molecular complexity index is 1000. The van der Waals surface area contributed by atoms with Crippen molar-refractivity contribution >= 4 is 43.5 Å². The predicted octanol–water partition coefficient (Wildman–Crippen LogP) is 2.50. The first kappa shape index (κ1) is 19.5. The number of sulfonamides is 1. The molecule has 0 unspecified atom stereocenters. The van der Waals surface area contributed by atoms with Gasteiger partial charge in [-0.1, -0.05) is 6.07 Å². The topological polar surface area (TPSA) is 104 Å². The van der Waals surface area contributed by atoms with E-state index in [-0.39, 0.29) is 22.4 Å².